The van der Waals surface area contributed by atoms with Crippen LogP contribution >= 0.6 is 0 Å². The zero-order chi connectivity index (χ0) is 14.5. The normalized spacial score (nSPS) is 12.1. The van der Waals surface area contributed by atoms with E-state index in [1.54, 1.807) is 0 Å². The van der Waals surface area contributed by atoms with E-state index in [1.165, 1.54) is 5.56 Å². The SMILES string of the molecule is CC[C@@H](C)c1ccc(OCc2nc(N)nc(N)n2)cc1. The topological polar surface area (TPSA) is 99.9 Å². The van der Waals surface area contributed by atoms with Gasteiger partial charge in [-0.3, -0.25) is 0 Å². The smallest absolute Gasteiger partial charge is 0.225 e. The molecule has 1 atom stereocenters. The lowest BCUT2D eigenvalue weighted by molar-refractivity contribution is 0.295. The molecule has 0 aliphatic heterocycles. The van der Waals surface area contributed by atoms with Gasteiger partial charge in [-0.1, -0.05) is 26.0 Å². The van der Waals surface area contributed by atoms with Crippen LogP contribution in [0, 0.1) is 0 Å². The molecule has 0 unspecified atom stereocenters. The predicted octanol–water partition coefficient (Wildman–Crippen LogP) is 2.13. The fourth-order valence-corrected chi connectivity index (χ4v) is 1.80. The summed E-state index contributed by atoms with van der Waals surface area (Å²) in [5, 5.41) is 0. The minimum atomic E-state index is 0.100. The van der Waals surface area contributed by atoms with Gasteiger partial charge in [0.25, 0.3) is 0 Å². The molecule has 1 heterocycles. The molecule has 4 N–H and O–H groups in total. The summed E-state index contributed by atoms with van der Waals surface area (Å²) in [6.07, 6.45) is 1.11. The highest BCUT2D eigenvalue weighted by Gasteiger charge is 2.05. The van der Waals surface area contributed by atoms with E-state index in [9.17, 15) is 0 Å². The molecule has 6 nitrogen and oxygen atoms in total. The number of benzene rings is 1. The number of rotatable bonds is 5. The molecule has 1 aromatic carbocycles. The van der Waals surface area contributed by atoms with Crippen molar-refractivity contribution in [3.05, 3.63) is 35.7 Å². The Morgan fingerprint density at radius 2 is 1.65 bits per heavy atom. The van der Waals surface area contributed by atoms with Crippen molar-refractivity contribution in [2.24, 2.45) is 0 Å². The van der Waals surface area contributed by atoms with Gasteiger partial charge >= 0.3 is 0 Å². The maximum Gasteiger partial charge on any atom is 0.225 e. The lowest BCUT2D eigenvalue weighted by Crippen LogP contribution is -2.09. The standard InChI is InChI=1S/C14H19N5O/c1-3-9(2)10-4-6-11(7-5-10)20-8-12-17-13(15)19-14(16)18-12/h4-7,9H,3,8H2,1-2H3,(H4,15,16,17,18,19)/t9-/m1/s1. The number of nitrogens with zero attached hydrogens (tertiary/aromatic N) is 3. The van der Waals surface area contributed by atoms with Crippen molar-refractivity contribution < 1.29 is 4.74 Å². The fraction of sp³-hybridized carbons (Fsp3) is 0.357. The van der Waals surface area contributed by atoms with Crippen LogP contribution in [0.5, 0.6) is 5.75 Å². The van der Waals surface area contributed by atoms with Crippen molar-refractivity contribution >= 4 is 11.9 Å². The Labute approximate surface area is 118 Å². The van der Waals surface area contributed by atoms with Gasteiger partial charge in [0.05, 0.1) is 0 Å². The molecule has 2 aromatic rings. The number of nitrogen functional groups attached to an aromatic ring is 2. The van der Waals surface area contributed by atoms with Crippen LogP contribution < -0.4 is 16.2 Å². The highest BCUT2D eigenvalue weighted by Crippen LogP contribution is 2.21. The molecule has 0 bridgehead atoms. The van der Waals surface area contributed by atoms with E-state index >= 15 is 0 Å². The Morgan fingerprint density at radius 3 is 2.20 bits per heavy atom. The van der Waals surface area contributed by atoms with Crippen LogP contribution in [-0.2, 0) is 6.61 Å². The Morgan fingerprint density at radius 1 is 1.05 bits per heavy atom. The predicted molar refractivity (Wildman–Crippen MR) is 78.1 cm³/mol. The molecule has 0 amide bonds. The van der Waals surface area contributed by atoms with Crippen LogP contribution in [0.2, 0.25) is 0 Å². The first-order valence-corrected chi connectivity index (χ1v) is 6.57. The molecule has 0 radical (unpaired) electrons. The second-order valence-electron chi connectivity index (χ2n) is 4.64. The number of hydrogen-bond acceptors (Lipinski definition) is 6. The van der Waals surface area contributed by atoms with Crippen LogP contribution in [0.3, 0.4) is 0 Å². The lowest BCUT2D eigenvalue weighted by Gasteiger charge is -2.10. The molecule has 0 aliphatic rings. The maximum absolute atomic E-state index is 5.61. The summed E-state index contributed by atoms with van der Waals surface area (Å²) >= 11 is 0. The van der Waals surface area contributed by atoms with E-state index in [4.69, 9.17) is 16.2 Å². The van der Waals surface area contributed by atoms with Gasteiger partial charge in [0.1, 0.15) is 12.4 Å². The first-order valence-electron chi connectivity index (χ1n) is 6.57. The van der Waals surface area contributed by atoms with Crippen molar-refractivity contribution in [1.29, 1.82) is 0 Å². The molecular weight excluding hydrogens is 254 g/mol. The number of ether oxygens (including phenoxy) is 1. The Balaban J connectivity index is 2.00. The second-order valence-corrected chi connectivity index (χ2v) is 4.64. The van der Waals surface area contributed by atoms with Crippen LogP contribution in [0.1, 0.15) is 37.6 Å². The monoisotopic (exact) mass is 273 g/mol. The van der Waals surface area contributed by atoms with Gasteiger partial charge in [0, 0.05) is 0 Å². The Hall–Kier alpha value is -2.37. The summed E-state index contributed by atoms with van der Waals surface area (Å²) in [6.45, 7) is 4.58. The van der Waals surface area contributed by atoms with Crippen LogP contribution in [-0.4, -0.2) is 15.0 Å². The maximum atomic E-state index is 5.61. The average Bonchev–Trinajstić information content (AvgIpc) is 2.44. The van der Waals surface area contributed by atoms with E-state index < -0.39 is 0 Å². The summed E-state index contributed by atoms with van der Waals surface area (Å²) in [5.74, 6) is 1.93. The molecule has 0 fully saturated rings. The van der Waals surface area contributed by atoms with Crippen LogP contribution in [0.15, 0.2) is 24.3 Å². The van der Waals surface area contributed by atoms with Crippen molar-refractivity contribution in [2.45, 2.75) is 32.8 Å². The zero-order valence-corrected chi connectivity index (χ0v) is 11.7. The van der Waals surface area contributed by atoms with Gasteiger partial charge in [0.2, 0.25) is 11.9 Å². The van der Waals surface area contributed by atoms with Crippen molar-refractivity contribution in [3.8, 4) is 5.75 Å². The van der Waals surface area contributed by atoms with E-state index in [-0.39, 0.29) is 18.5 Å². The third-order valence-corrected chi connectivity index (χ3v) is 3.15. The third-order valence-electron chi connectivity index (χ3n) is 3.15. The summed E-state index contributed by atoms with van der Waals surface area (Å²) in [4.78, 5) is 11.6. The molecule has 2 rings (SSSR count). The average molecular weight is 273 g/mol. The first kappa shape index (κ1) is 14.0. The Bertz CT molecular complexity index is 550. The lowest BCUT2D eigenvalue weighted by atomic mass is 9.99. The molecule has 20 heavy (non-hydrogen) atoms. The number of anilines is 2. The van der Waals surface area contributed by atoms with Crippen molar-refractivity contribution in [1.82, 2.24) is 15.0 Å². The molecule has 0 saturated heterocycles. The molecule has 6 heteroatoms. The summed E-state index contributed by atoms with van der Waals surface area (Å²) in [7, 11) is 0. The summed E-state index contributed by atoms with van der Waals surface area (Å²) in [6, 6.07) is 8.02. The number of nitrogens with two attached hydrogens (primary N) is 2. The van der Waals surface area contributed by atoms with Gasteiger partial charge in [-0.05, 0) is 30.0 Å². The summed E-state index contributed by atoms with van der Waals surface area (Å²) < 4.78 is 5.61. The minimum Gasteiger partial charge on any atom is -0.486 e. The molecule has 0 aliphatic carbocycles. The highest BCUT2D eigenvalue weighted by molar-refractivity contribution is 5.29. The zero-order valence-electron chi connectivity index (χ0n) is 11.7. The number of aromatic nitrogens is 3. The fourth-order valence-electron chi connectivity index (χ4n) is 1.80. The van der Waals surface area contributed by atoms with E-state index in [2.05, 4.69) is 40.9 Å². The third kappa shape index (κ3) is 3.57. The molecule has 0 spiro atoms. The van der Waals surface area contributed by atoms with Gasteiger partial charge in [-0.15, -0.1) is 0 Å². The van der Waals surface area contributed by atoms with Gasteiger partial charge in [-0.25, -0.2) is 0 Å². The van der Waals surface area contributed by atoms with Gasteiger partial charge < -0.3 is 16.2 Å². The minimum absolute atomic E-state index is 0.100. The molecule has 0 saturated carbocycles. The van der Waals surface area contributed by atoms with Crippen LogP contribution in [0.4, 0.5) is 11.9 Å². The van der Waals surface area contributed by atoms with E-state index in [1.807, 2.05) is 12.1 Å². The van der Waals surface area contributed by atoms with Crippen molar-refractivity contribution in [3.63, 3.8) is 0 Å². The Kier molecular flexibility index (Phi) is 4.34. The molecular formula is C14H19N5O. The molecule has 106 valence electrons. The largest absolute Gasteiger partial charge is 0.486 e. The van der Waals surface area contributed by atoms with E-state index in [0.717, 1.165) is 12.2 Å². The number of hydrogen-bond donors (Lipinski definition) is 2. The van der Waals surface area contributed by atoms with E-state index in [0.29, 0.717) is 11.7 Å². The molecule has 1 aromatic heterocycles. The van der Waals surface area contributed by atoms with Crippen LogP contribution in [0.25, 0.3) is 0 Å². The van der Waals surface area contributed by atoms with Gasteiger partial charge in [-0.2, -0.15) is 15.0 Å². The van der Waals surface area contributed by atoms with Gasteiger partial charge in [0.15, 0.2) is 5.82 Å². The second kappa shape index (κ2) is 6.18. The summed E-state index contributed by atoms with van der Waals surface area (Å²) in [5.41, 5.74) is 12.3. The van der Waals surface area contributed by atoms with Crippen molar-refractivity contribution in [2.75, 3.05) is 11.5 Å². The first-order chi connectivity index (χ1) is 9.58. The highest BCUT2D eigenvalue weighted by atomic mass is 16.5. The quantitative estimate of drug-likeness (QED) is 0.865.